The second-order valence-electron chi connectivity index (χ2n) is 4.21. The molecular weight excluding hydrogens is 230 g/mol. The van der Waals surface area contributed by atoms with Crippen LogP contribution < -0.4 is 16.0 Å². The van der Waals surface area contributed by atoms with Gasteiger partial charge in [0.05, 0.1) is 24.5 Å². The molecule has 0 spiro atoms. The number of carbonyl (C=O) groups excluding carboxylic acids is 1. The number of rotatable bonds is 6. The van der Waals surface area contributed by atoms with Gasteiger partial charge in [-0.25, -0.2) is 0 Å². The van der Waals surface area contributed by atoms with Gasteiger partial charge >= 0.3 is 0 Å². The molecule has 0 aromatic heterocycles. The van der Waals surface area contributed by atoms with E-state index in [0.717, 1.165) is 11.3 Å². The number of carbonyl (C=O) groups is 1. The molecule has 0 aliphatic carbocycles. The molecule has 0 radical (unpaired) electrons. The maximum absolute atomic E-state index is 11.7. The molecular formula is C13H21N3O2. The van der Waals surface area contributed by atoms with Crippen molar-refractivity contribution in [2.45, 2.75) is 6.92 Å². The summed E-state index contributed by atoms with van der Waals surface area (Å²) in [5.74, 6) is -0.0443. The van der Waals surface area contributed by atoms with Crippen LogP contribution >= 0.6 is 0 Å². The minimum Gasteiger partial charge on any atom is -0.397 e. The number of aryl methyl sites for hydroxylation is 1. The first-order valence-electron chi connectivity index (χ1n) is 5.88. The number of anilines is 2. The normalized spacial score (nSPS) is 10.2. The molecule has 3 N–H and O–H groups in total. The predicted molar refractivity (Wildman–Crippen MR) is 73.7 cm³/mol. The topological polar surface area (TPSA) is 67.6 Å². The lowest BCUT2D eigenvalue weighted by Crippen LogP contribution is -2.37. The highest BCUT2D eigenvalue weighted by atomic mass is 16.5. The first kappa shape index (κ1) is 14.3. The number of nitrogens with zero attached hydrogens (tertiary/aromatic N) is 1. The molecule has 0 saturated carbocycles. The van der Waals surface area contributed by atoms with Crippen molar-refractivity contribution in [3.8, 4) is 0 Å². The number of para-hydroxylation sites is 1. The summed E-state index contributed by atoms with van der Waals surface area (Å²) in [5, 5.41) is 2.78. The van der Waals surface area contributed by atoms with Crippen LogP contribution in [0.1, 0.15) is 5.56 Å². The lowest BCUT2D eigenvalue weighted by atomic mass is 10.1. The number of nitrogens with one attached hydrogen (secondary N) is 1. The third-order valence-corrected chi connectivity index (χ3v) is 2.66. The van der Waals surface area contributed by atoms with Gasteiger partial charge in [0, 0.05) is 20.7 Å². The van der Waals surface area contributed by atoms with Crippen LogP contribution in [0, 0.1) is 6.92 Å². The van der Waals surface area contributed by atoms with Gasteiger partial charge in [-0.3, -0.25) is 4.79 Å². The summed E-state index contributed by atoms with van der Waals surface area (Å²) in [7, 11) is 3.46. The fourth-order valence-electron chi connectivity index (χ4n) is 1.85. The molecule has 1 amide bonds. The zero-order valence-corrected chi connectivity index (χ0v) is 11.2. The molecule has 0 aliphatic rings. The van der Waals surface area contributed by atoms with E-state index in [0.29, 0.717) is 18.8 Å². The Balaban J connectivity index is 2.59. The maximum Gasteiger partial charge on any atom is 0.239 e. The summed E-state index contributed by atoms with van der Waals surface area (Å²) in [6, 6.07) is 5.72. The highest BCUT2D eigenvalue weighted by molar-refractivity contribution is 5.83. The van der Waals surface area contributed by atoms with Gasteiger partial charge in [0.15, 0.2) is 0 Å². The van der Waals surface area contributed by atoms with E-state index >= 15 is 0 Å². The van der Waals surface area contributed by atoms with Crippen molar-refractivity contribution in [2.24, 2.45) is 0 Å². The minimum atomic E-state index is -0.0443. The Morgan fingerprint density at radius 1 is 1.50 bits per heavy atom. The second-order valence-corrected chi connectivity index (χ2v) is 4.21. The van der Waals surface area contributed by atoms with Gasteiger partial charge in [-0.1, -0.05) is 12.1 Å². The van der Waals surface area contributed by atoms with E-state index in [2.05, 4.69) is 5.32 Å². The fourth-order valence-corrected chi connectivity index (χ4v) is 1.85. The number of hydrogen-bond donors (Lipinski definition) is 2. The Morgan fingerprint density at radius 2 is 2.22 bits per heavy atom. The molecule has 1 aromatic rings. The summed E-state index contributed by atoms with van der Waals surface area (Å²) in [5.41, 5.74) is 8.57. The summed E-state index contributed by atoms with van der Waals surface area (Å²) >= 11 is 0. The third-order valence-electron chi connectivity index (χ3n) is 2.66. The number of nitrogens with two attached hydrogens (primary N) is 1. The van der Waals surface area contributed by atoms with Crippen molar-refractivity contribution in [1.82, 2.24) is 5.32 Å². The largest absolute Gasteiger partial charge is 0.397 e. The van der Waals surface area contributed by atoms with Crippen molar-refractivity contribution in [3.63, 3.8) is 0 Å². The molecule has 18 heavy (non-hydrogen) atoms. The Labute approximate surface area is 108 Å². The summed E-state index contributed by atoms with van der Waals surface area (Å²) in [4.78, 5) is 13.5. The van der Waals surface area contributed by atoms with Crippen LogP contribution in [-0.4, -0.2) is 39.8 Å². The number of amides is 1. The van der Waals surface area contributed by atoms with Gasteiger partial charge in [-0.05, 0) is 18.6 Å². The van der Waals surface area contributed by atoms with E-state index in [-0.39, 0.29) is 12.5 Å². The Bertz CT molecular complexity index is 387. The van der Waals surface area contributed by atoms with Crippen molar-refractivity contribution >= 4 is 17.3 Å². The molecule has 0 atom stereocenters. The minimum absolute atomic E-state index is 0.0443. The number of ether oxygens (including phenoxy) is 1. The zero-order valence-electron chi connectivity index (χ0n) is 11.2. The van der Waals surface area contributed by atoms with Crippen LogP contribution in [0.3, 0.4) is 0 Å². The number of hydrogen-bond acceptors (Lipinski definition) is 4. The van der Waals surface area contributed by atoms with Crippen molar-refractivity contribution < 1.29 is 9.53 Å². The van der Waals surface area contributed by atoms with Gasteiger partial charge in [-0.15, -0.1) is 0 Å². The number of nitrogen functional groups attached to an aromatic ring is 1. The lowest BCUT2D eigenvalue weighted by Gasteiger charge is -2.22. The highest BCUT2D eigenvalue weighted by Crippen LogP contribution is 2.25. The molecule has 0 heterocycles. The summed E-state index contributed by atoms with van der Waals surface area (Å²) < 4.78 is 4.87. The van der Waals surface area contributed by atoms with Crippen LogP contribution in [0.5, 0.6) is 0 Å². The third kappa shape index (κ3) is 3.92. The average molecular weight is 251 g/mol. The lowest BCUT2D eigenvalue weighted by molar-refractivity contribution is -0.119. The second kappa shape index (κ2) is 6.86. The monoisotopic (exact) mass is 251 g/mol. The number of likely N-dealkylation sites (N-methyl/N-ethyl adjacent to an activating group) is 1. The maximum atomic E-state index is 11.7. The van der Waals surface area contributed by atoms with Crippen molar-refractivity contribution in [3.05, 3.63) is 23.8 Å². The van der Waals surface area contributed by atoms with Crippen LogP contribution in [0.15, 0.2) is 18.2 Å². The number of benzene rings is 1. The van der Waals surface area contributed by atoms with Gasteiger partial charge in [0.2, 0.25) is 5.91 Å². The fraction of sp³-hybridized carbons (Fsp3) is 0.462. The van der Waals surface area contributed by atoms with Crippen LogP contribution in [0.25, 0.3) is 0 Å². The molecule has 5 heteroatoms. The van der Waals surface area contributed by atoms with Crippen LogP contribution in [0.4, 0.5) is 11.4 Å². The van der Waals surface area contributed by atoms with E-state index in [1.54, 1.807) is 7.11 Å². The first-order valence-corrected chi connectivity index (χ1v) is 5.88. The molecule has 0 fully saturated rings. The van der Waals surface area contributed by atoms with Crippen molar-refractivity contribution in [2.75, 3.05) is 44.5 Å². The highest BCUT2D eigenvalue weighted by Gasteiger charge is 2.11. The van der Waals surface area contributed by atoms with E-state index in [1.165, 1.54) is 0 Å². The average Bonchev–Trinajstić information content (AvgIpc) is 2.29. The van der Waals surface area contributed by atoms with E-state index in [9.17, 15) is 4.79 Å². The predicted octanol–water partition coefficient (Wildman–Crippen LogP) is 0.776. The Morgan fingerprint density at radius 3 is 2.83 bits per heavy atom. The zero-order chi connectivity index (χ0) is 13.5. The quantitative estimate of drug-likeness (QED) is 0.579. The van der Waals surface area contributed by atoms with Gasteiger partial charge in [0.25, 0.3) is 0 Å². The Hall–Kier alpha value is -1.75. The van der Waals surface area contributed by atoms with Gasteiger partial charge in [0.1, 0.15) is 0 Å². The molecule has 0 saturated heterocycles. The summed E-state index contributed by atoms with van der Waals surface area (Å²) in [6.07, 6.45) is 0. The first-order chi connectivity index (χ1) is 8.56. The SMILES string of the molecule is COCCNC(=O)CN(C)c1c(C)cccc1N. The molecule has 0 bridgehead atoms. The van der Waals surface area contributed by atoms with Crippen LogP contribution in [-0.2, 0) is 9.53 Å². The smallest absolute Gasteiger partial charge is 0.239 e. The molecule has 5 nitrogen and oxygen atoms in total. The van der Waals surface area contributed by atoms with Gasteiger partial charge in [-0.2, -0.15) is 0 Å². The van der Waals surface area contributed by atoms with E-state index < -0.39 is 0 Å². The molecule has 0 aliphatic heterocycles. The molecule has 1 rings (SSSR count). The van der Waals surface area contributed by atoms with Crippen LogP contribution in [0.2, 0.25) is 0 Å². The van der Waals surface area contributed by atoms with Gasteiger partial charge < -0.3 is 20.7 Å². The molecule has 100 valence electrons. The standard InChI is InChI=1S/C13H21N3O2/c1-10-5-4-6-11(14)13(10)16(2)9-12(17)15-7-8-18-3/h4-6H,7-9,14H2,1-3H3,(H,15,17). The Kier molecular flexibility index (Phi) is 5.45. The van der Waals surface area contributed by atoms with Crippen molar-refractivity contribution in [1.29, 1.82) is 0 Å². The molecule has 0 unspecified atom stereocenters. The van der Waals surface area contributed by atoms with E-state index in [1.807, 2.05) is 37.1 Å². The summed E-state index contributed by atoms with van der Waals surface area (Å²) in [6.45, 7) is 3.29. The van der Waals surface area contributed by atoms with E-state index in [4.69, 9.17) is 10.5 Å². The molecule has 1 aromatic carbocycles. The number of methoxy groups -OCH3 is 1.